The molecule has 0 aliphatic heterocycles. The van der Waals surface area contributed by atoms with Crippen LogP contribution in [0.3, 0.4) is 0 Å². The van der Waals surface area contributed by atoms with Gasteiger partial charge in [0.25, 0.3) is 5.43 Å². The van der Waals surface area contributed by atoms with Crippen molar-refractivity contribution in [1.29, 1.82) is 0 Å². The fraction of sp³-hybridized carbons (Fsp3) is 0. The first kappa shape index (κ1) is 10.7. The number of hydrogen-bond donors (Lipinski definition) is 1. The Hall–Kier alpha value is -1.76. The maximum atomic E-state index is 13.4. The van der Waals surface area contributed by atoms with Crippen LogP contribution in [-0.2, 0) is 0 Å². The summed E-state index contributed by atoms with van der Waals surface area (Å²) in [5.41, 5.74) is -1.46. The largest absolute Gasteiger partial charge is 0.353 e. The molecule has 1 heterocycles. The second-order valence-electron chi connectivity index (χ2n) is 3.07. The molecule has 0 radical (unpaired) electrons. The first-order valence-electron chi connectivity index (χ1n) is 4.15. The van der Waals surface area contributed by atoms with Crippen LogP contribution in [0.15, 0.2) is 27.6 Å². The zero-order valence-corrected chi connectivity index (χ0v) is 9.25. The fourth-order valence-electron chi connectivity index (χ4n) is 1.38. The van der Waals surface area contributed by atoms with Crippen molar-refractivity contribution in [3.63, 3.8) is 0 Å². The molecule has 0 saturated carbocycles. The van der Waals surface area contributed by atoms with Gasteiger partial charge in [0.2, 0.25) is 0 Å². The van der Waals surface area contributed by atoms with E-state index in [2.05, 4.69) is 20.9 Å². The summed E-state index contributed by atoms with van der Waals surface area (Å²) in [6, 6.07) is 2.51. The van der Waals surface area contributed by atoms with E-state index in [0.717, 1.165) is 6.20 Å². The summed E-state index contributed by atoms with van der Waals surface area (Å²) < 4.78 is 13.7. The van der Waals surface area contributed by atoms with Gasteiger partial charge in [0.1, 0.15) is 5.82 Å². The molecule has 7 heteroatoms. The van der Waals surface area contributed by atoms with Crippen molar-refractivity contribution >= 4 is 32.5 Å². The number of hydrogen-bond acceptors (Lipinski definition) is 3. The standard InChI is InChI=1S/C9H4BrFN2O3/c10-4-1-5-8(6(11)2-4)12-3-7(9(5)14)13(15)16/h1-3H,(H,12,14). The normalized spacial score (nSPS) is 10.6. The molecular weight excluding hydrogens is 283 g/mol. The average Bonchev–Trinajstić information content (AvgIpc) is 2.19. The molecule has 0 atom stereocenters. The summed E-state index contributed by atoms with van der Waals surface area (Å²) in [6.07, 6.45) is 0.891. The molecule has 1 aromatic carbocycles. The number of H-pyrrole nitrogens is 1. The number of aromatic nitrogens is 1. The van der Waals surface area contributed by atoms with Crippen LogP contribution in [0.4, 0.5) is 10.1 Å². The van der Waals surface area contributed by atoms with Crippen LogP contribution in [0, 0.1) is 15.9 Å². The summed E-state index contributed by atoms with van der Waals surface area (Å²) in [5, 5.41) is 10.5. The molecule has 2 aromatic rings. The van der Waals surface area contributed by atoms with Crippen LogP contribution < -0.4 is 5.43 Å². The number of halogens is 2. The predicted octanol–water partition coefficient (Wildman–Crippen LogP) is 2.34. The minimum absolute atomic E-state index is 0.0428. The fourth-order valence-corrected chi connectivity index (χ4v) is 1.81. The lowest BCUT2D eigenvalue weighted by atomic mass is 10.2. The second kappa shape index (κ2) is 3.67. The smallest absolute Gasteiger partial charge is 0.332 e. The van der Waals surface area contributed by atoms with E-state index in [0.29, 0.717) is 4.47 Å². The van der Waals surface area contributed by atoms with Crippen molar-refractivity contribution in [2.75, 3.05) is 0 Å². The van der Waals surface area contributed by atoms with Crippen molar-refractivity contribution in [2.45, 2.75) is 0 Å². The van der Waals surface area contributed by atoms with Crippen molar-refractivity contribution in [2.24, 2.45) is 0 Å². The molecule has 0 saturated heterocycles. The lowest BCUT2D eigenvalue weighted by Crippen LogP contribution is -2.09. The molecule has 1 N–H and O–H groups in total. The highest BCUT2D eigenvalue weighted by Crippen LogP contribution is 2.20. The molecule has 0 fully saturated rings. The van der Waals surface area contributed by atoms with Gasteiger partial charge in [-0.2, -0.15) is 0 Å². The number of fused-ring (bicyclic) bond motifs is 1. The average molecular weight is 287 g/mol. The quantitative estimate of drug-likeness (QED) is 0.646. The van der Waals surface area contributed by atoms with E-state index in [1.807, 2.05) is 0 Å². The zero-order chi connectivity index (χ0) is 11.9. The van der Waals surface area contributed by atoms with Gasteiger partial charge >= 0.3 is 5.69 Å². The van der Waals surface area contributed by atoms with Crippen LogP contribution in [-0.4, -0.2) is 9.91 Å². The van der Waals surface area contributed by atoms with E-state index in [1.54, 1.807) is 0 Å². The number of pyridine rings is 1. The summed E-state index contributed by atoms with van der Waals surface area (Å²) >= 11 is 3.02. The van der Waals surface area contributed by atoms with Crippen LogP contribution in [0.1, 0.15) is 0 Å². The van der Waals surface area contributed by atoms with E-state index >= 15 is 0 Å². The van der Waals surface area contributed by atoms with E-state index in [4.69, 9.17) is 0 Å². The van der Waals surface area contributed by atoms with Crippen molar-refractivity contribution in [3.05, 3.63) is 49.0 Å². The topological polar surface area (TPSA) is 76.0 Å². The Morgan fingerprint density at radius 1 is 1.44 bits per heavy atom. The molecule has 0 amide bonds. The molecule has 0 unspecified atom stereocenters. The van der Waals surface area contributed by atoms with E-state index in [-0.39, 0.29) is 10.9 Å². The molecular formula is C9H4BrFN2O3. The van der Waals surface area contributed by atoms with E-state index in [9.17, 15) is 19.3 Å². The number of nitro groups is 1. The Morgan fingerprint density at radius 3 is 2.75 bits per heavy atom. The Morgan fingerprint density at radius 2 is 2.12 bits per heavy atom. The lowest BCUT2D eigenvalue weighted by Gasteiger charge is -2.00. The van der Waals surface area contributed by atoms with Gasteiger partial charge in [0, 0.05) is 4.47 Å². The van der Waals surface area contributed by atoms with Gasteiger partial charge in [0.05, 0.1) is 22.0 Å². The third-order valence-electron chi connectivity index (χ3n) is 2.08. The van der Waals surface area contributed by atoms with E-state index in [1.165, 1.54) is 12.1 Å². The summed E-state index contributed by atoms with van der Waals surface area (Å²) in [5.74, 6) is -0.642. The van der Waals surface area contributed by atoms with Crippen LogP contribution in [0.2, 0.25) is 0 Å². The number of rotatable bonds is 1. The molecule has 5 nitrogen and oxygen atoms in total. The number of nitrogens with one attached hydrogen (secondary N) is 1. The van der Waals surface area contributed by atoms with Gasteiger partial charge in [-0.15, -0.1) is 0 Å². The Labute approximate surface area is 96.2 Å². The van der Waals surface area contributed by atoms with Gasteiger partial charge in [-0.25, -0.2) is 4.39 Å². The minimum atomic E-state index is -0.808. The molecule has 0 aliphatic carbocycles. The second-order valence-corrected chi connectivity index (χ2v) is 3.99. The Bertz CT molecular complexity index is 653. The molecule has 1 aromatic heterocycles. The van der Waals surface area contributed by atoms with Crippen molar-refractivity contribution < 1.29 is 9.31 Å². The van der Waals surface area contributed by atoms with Crippen molar-refractivity contribution in [1.82, 2.24) is 4.98 Å². The Kier molecular flexibility index (Phi) is 2.47. The van der Waals surface area contributed by atoms with Gasteiger partial charge in [-0.1, -0.05) is 15.9 Å². The van der Waals surface area contributed by atoms with Crippen LogP contribution in [0.25, 0.3) is 10.9 Å². The maximum absolute atomic E-state index is 13.4. The van der Waals surface area contributed by atoms with Gasteiger partial charge in [0.15, 0.2) is 0 Å². The monoisotopic (exact) mass is 286 g/mol. The SMILES string of the molecule is O=c1c([N+](=O)[O-])c[nH]c2c(F)cc(Br)cc12. The third kappa shape index (κ3) is 1.58. The third-order valence-corrected chi connectivity index (χ3v) is 2.54. The maximum Gasteiger partial charge on any atom is 0.332 e. The summed E-state index contributed by atoms with van der Waals surface area (Å²) in [4.78, 5) is 23.7. The highest BCUT2D eigenvalue weighted by Gasteiger charge is 2.16. The molecule has 0 spiro atoms. The highest BCUT2D eigenvalue weighted by atomic mass is 79.9. The van der Waals surface area contributed by atoms with Crippen LogP contribution in [0.5, 0.6) is 0 Å². The first-order valence-corrected chi connectivity index (χ1v) is 4.95. The van der Waals surface area contributed by atoms with E-state index < -0.39 is 21.9 Å². The first-order chi connectivity index (χ1) is 7.50. The molecule has 0 bridgehead atoms. The number of nitrogens with zero attached hydrogens (tertiary/aromatic N) is 1. The highest BCUT2D eigenvalue weighted by molar-refractivity contribution is 9.10. The minimum Gasteiger partial charge on any atom is -0.353 e. The molecule has 16 heavy (non-hydrogen) atoms. The van der Waals surface area contributed by atoms with Gasteiger partial charge in [-0.3, -0.25) is 14.9 Å². The summed E-state index contributed by atoms with van der Waals surface area (Å²) in [6.45, 7) is 0. The Balaban J connectivity index is 2.95. The number of benzene rings is 1. The molecule has 82 valence electrons. The summed E-state index contributed by atoms with van der Waals surface area (Å²) in [7, 11) is 0. The zero-order valence-electron chi connectivity index (χ0n) is 7.66. The predicted molar refractivity (Wildman–Crippen MR) is 58.9 cm³/mol. The number of aromatic amines is 1. The lowest BCUT2D eigenvalue weighted by molar-refractivity contribution is -0.386. The molecule has 0 aliphatic rings. The molecule has 2 rings (SSSR count). The van der Waals surface area contributed by atoms with Gasteiger partial charge < -0.3 is 4.98 Å². The van der Waals surface area contributed by atoms with Crippen LogP contribution >= 0.6 is 15.9 Å². The van der Waals surface area contributed by atoms with Crippen molar-refractivity contribution in [3.8, 4) is 0 Å². The van der Waals surface area contributed by atoms with Gasteiger partial charge in [-0.05, 0) is 12.1 Å².